The summed E-state index contributed by atoms with van der Waals surface area (Å²) in [4.78, 5) is 12.0. The van der Waals surface area contributed by atoms with Crippen LogP contribution < -0.4 is 15.4 Å². The van der Waals surface area contributed by atoms with Crippen LogP contribution >= 0.6 is 0 Å². The zero-order valence-electron chi connectivity index (χ0n) is 11.0. The molecular weight excluding hydrogens is 282 g/mol. The molecule has 1 saturated heterocycles. The van der Waals surface area contributed by atoms with Gasteiger partial charge < -0.3 is 15.7 Å². The number of β-amino-alcohol motifs (C(OH)–C–C–N with tert-alkyl or cyclic N) is 1. The molecule has 8 heteroatoms. The second kappa shape index (κ2) is 5.88. The molecule has 110 valence electrons. The van der Waals surface area contributed by atoms with Gasteiger partial charge in [-0.2, -0.15) is 0 Å². The minimum Gasteiger partial charge on any atom is -0.392 e. The third-order valence-corrected chi connectivity index (χ3v) is 4.56. The smallest absolute Gasteiger partial charge is 0.241 e. The second-order valence-electron chi connectivity index (χ2n) is 4.57. The van der Waals surface area contributed by atoms with Gasteiger partial charge in [0, 0.05) is 12.2 Å². The number of rotatable bonds is 4. The first-order valence-corrected chi connectivity index (χ1v) is 7.66. The summed E-state index contributed by atoms with van der Waals surface area (Å²) in [6, 6.07) is 5.45. The quantitative estimate of drug-likeness (QED) is 0.585. The van der Waals surface area contributed by atoms with E-state index in [1.807, 2.05) is 0 Å². The van der Waals surface area contributed by atoms with Gasteiger partial charge in [0.25, 0.3) is 0 Å². The van der Waals surface area contributed by atoms with Crippen LogP contribution in [0.15, 0.2) is 29.2 Å². The van der Waals surface area contributed by atoms with Crippen molar-refractivity contribution in [3.05, 3.63) is 24.3 Å². The number of anilines is 1. The van der Waals surface area contributed by atoms with E-state index >= 15 is 0 Å². The predicted octanol–water partition coefficient (Wildman–Crippen LogP) is -0.744. The Morgan fingerprint density at radius 2 is 2.00 bits per heavy atom. The average molecular weight is 299 g/mol. The van der Waals surface area contributed by atoms with Crippen LogP contribution in [0.25, 0.3) is 0 Å². The number of hydrogen-bond donors (Lipinski definition) is 4. The van der Waals surface area contributed by atoms with E-state index in [1.54, 1.807) is 0 Å². The summed E-state index contributed by atoms with van der Waals surface area (Å²) in [6.07, 6.45) is -0.133. The zero-order valence-corrected chi connectivity index (χ0v) is 11.8. The lowest BCUT2D eigenvalue weighted by Crippen LogP contribution is -2.35. The Hall–Kier alpha value is -1.48. The van der Waals surface area contributed by atoms with E-state index in [0.29, 0.717) is 18.7 Å². The highest BCUT2D eigenvalue weighted by Crippen LogP contribution is 2.15. The van der Waals surface area contributed by atoms with Crippen LogP contribution in [0.1, 0.15) is 6.42 Å². The zero-order chi connectivity index (χ0) is 14.8. The predicted molar refractivity (Wildman–Crippen MR) is 73.7 cm³/mol. The van der Waals surface area contributed by atoms with Crippen LogP contribution in [0.2, 0.25) is 0 Å². The van der Waals surface area contributed by atoms with Gasteiger partial charge in [0.2, 0.25) is 15.9 Å². The molecule has 0 aliphatic carbocycles. The molecule has 7 nitrogen and oxygen atoms in total. The molecule has 2 unspecified atom stereocenters. The number of aliphatic hydroxyl groups is 1. The average Bonchev–Trinajstić information content (AvgIpc) is 2.86. The molecule has 1 aliphatic rings. The summed E-state index contributed by atoms with van der Waals surface area (Å²) in [7, 11) is -2.14. The van der Waals surface area contributed by atoms with E-state index in [4.69, 9.17) is 0 Å². The van der Waals surface area contributed by atoms with Crippen molar-refractivity contribution < 1.29 is 18.3 Å². The molecule has 0 aromatic heterocycles. The Morgan fingerprint density at radius 3 is 2.50 bits per heavy atom. The molecule has 0 bridgehead atoms. The minimum absolute atomic E-state index is 0.132. The lowest BCUT2D eigenvalue weighted by molar-refractivity contribution is -0.117. The Morgan fingerprint density at radius 1 is 1.35 bits per heavy atom. The molecular formula is C12H17N3O4S. The standard InChI is InChI=1S/C12H17N3O4S/c1-13-20(18,19)10-4-2-8(3-5-10)15-12(17)11-6-9(16)7-14-11/h2-5,9,11,13-14,16H,6-7H2,1H3,(H,15,17). The number of nitrogens with one attached hydrogen (secondary N) is 3. The van der Waals surface area contributed by atoms with Crippen molar-refractivity contribution in [3.63, 3.8) is 0 Å². The van der Waals surface area contributed by atoms with Crippen molar-refractivity contribution >= 4 is 21.6 Å². The van der Waals surface area contributed by atoms with Crippen LogP contribution in [-0.2, 0) is 14.8 Å². The fraction of sp³-hybridized carbons (Fsp3) is 0.417. The second-order valence-corrected chi connectivity index (χ2v) is 6.46. The maximum atomic E-state index is 11.9. The molecule has 1 amide bonds. The van der Waals surface area contributed by atoms with Gasteiger partial charge in [-0.3, -0.25) is 4.79 Å². The van der Waals surface area contributed by atoms with Crippen molar-refractivity contribution in [2.75, 3.05) is 18.9 Å². The first kappa shape index (κ1) is 14.9. The van der Waals surface area contributed by atoms with Gasteiger partial charge in [-0.15, -0.1) is 0 Å². The van der Waals surface area contributed by atoms with E-state index in [2.05, 4.69) is 15.4 Å². The summed E-state index contributed by atoms with van der Waals surface area (Å²) in [5.74, 6) is -0.245. The van der Waals surface area contributed by atoms with Crippen LogP contribution in [0.5, 0.6) is 0 Å². The van der Waals surface area contributed by atoms with E-state index in [0.717, 1.165) is 0 Å². The maximum Gasteiger partial charge on any atom is 0.241 e. The summed E-state index contributed by atoms with van der Waals surface area (Å²) >= 11 is 0. The Balaban J connectivity index is 2.02. The van der Waals surface area contributed by atoms with Crippen molar-refractivity contribution in [3.8, 4) is 0 Å². The fourth-order valence-corrected chi connectivity index (χ4v) is 2.71. The lowest BCUT2D eigenvalue weighted by atomic mass is 10.2. The third-order valence-electron chi connectivity index (χ3n) is 3.13. The largest absolute Gasteiger partial charge is 0.392 e. The number of aliphatic hydroxyl groups excluding tert-OH is 1. The summed E-state index contributed by atoms with van der Waals surface area (Å²) < 4.78 is 25.3. The van der Waals surface area contributed by atoms with E-state index in [1.165, 1.54) is 31.3 Å². The third kappa shape index (κ3) is 3.34. The number of sulfonamides is 1. The number of carbonyl (C=O) groups excluding carboxylic acids is 1. The van der Waals surface area contributed by atoms with Crippen molar-refractivity contribution in [2.24, 2.45) is 0 Å². The molecule has 2 atom stereocenters. The van der Waals surface area contributed by atoms with Crippen LogP contribution in [0.4, 0.5) is 5.69 Å². The highest BCUT2D eigenvalue weighted by Gasteiger charge is 2.27. The van der Waals surface area contributed by atoms with Gasteiger partial charge in [-0.25, -0.2) is 13.1 Å². The fourth-order valence-electron chi connectivity index (χ4n) is 1.98. The van der Waals surface area contributed by atoms with Crippen LogP contribution in [0, 0.1) is 0 Å². The van der Waals surface area contributed by atoms with Gasteiger partial charge in [0.1, 0.15) is 0 Å². The Bertz CT molecular complexity index is 585. The molecule has 1 aromatic rings. The van der Waals surface area contributed by atoms with Gasteiger partial charge in [0.15, 0.2) is 0 Å². The van der Waals surface area contributed by atoms with Gasteiger partial charge in [0.05, 0.1) is 17.0 Å². The number of amides is 1. The van der Waals surface area contributed by atoms with Gasteiger partial charge in [-0.05, 0) is 37.7 Å². The van der Waals surface area contributed by atoms with Gasteiger partial charge in [-0.1, -0.05) is 0 Å². The molecule has 2 rings (SSSR count). The highest BCUT2D eigenvalue weighted by molar-refractivity contribution is 7.89. The summed E-state index contributed by atoms with van der Waals surface area (Å²) in [6.45, 7) is 0.400. The molecule has 0 saturated carbocycles. The molecule has 0 spiro atoms. The van der Waals surface area contributed by atoms with Crippen molar-refractivity contribution in [1.29, 1.82) is 0 Å². The monoisotopic (exact) mass is 299 g/mol. The topological polar surface area (TPSA) is 108 Å². The molecule has 4 N–H and O–H groups in total. The minimum atomic E-state index is -3.47. The normalized spacial score (nSPS) is 22.7. The molecule has 1 fully saturated rings. The number of hydrogen-bond acceptors (Lipinski definition) is 5. The maximum absolute atomic E-state index is 11.9. The molecule has 20 heavy (non-hydrogen) atoms. The summed E-state index contributed by atoms with van der Waals surface area (Å²) in [5.41, 5.74) is 0.508. The van der Waals surface area contributed by atoms with E-state index in [-0.39, 0.29) is 10.8 Å². The van der Waals surface area contributed by atoms with Crippen molar-refractivity contribution in [2.45, 2.75) is 23.5 Å². The lowest BCUT2D eigenvalue weighted by Gasteiger charge is -2.11. The first-order chi connectivity index (χ1) is 9.42. The molecule has 1 aromatic carbocycles. The number of benzene rings is 1. The van der Waals surface area contributed by atoms with Gasteiger partial charge >= 0.3 is 0 Å². The molecule has 1 aliphatic heterocycles. The molecule has 1 heterocycles. The van der Waals surface area contributed by atoms with Crippen molar-refractivity contribution in [1.82, 2.24) is 10.0 Å². The number of carbonyl (C=O) groups is 1. The Kier molecular flexibility index (Phi) is 4.39. The SMILES string of the molecule is CNS(=O)(=O)c1ccc(NC(=O)C2CC(O)CN2)cc1. The first-order valence-electron chi connectivity index (χ1n) is 6.18. The van der Waals surface area contributed by atoms with Crippen LogP contribution in [-0.4, -0.2) is 45.2 Å². The van der Waals surface area contributed by atoms with E-state index in [9.17, 15) is 18.3 Å². The molecule has 0 radical (unpaired) electrons. The Labute approximate surface area is 117 Å². The van der Waals surface area contributed by atoms with Crippen LogP contribution in [0.3, 0.4) is 0 Å². The van der Waals surface area contributed by atoms with E-state index < -0.39 is 22.2 Å². The summed E-state index contributed by atoms with van der Waals surface area (Å²) in [5, 5.41) is 14.9. The highest BCUT2D eigenvalue weighted by atomic mass is 32.2.